The van der Waals surface area contributed by atoms with Crippen LogP contribution in [0.3, 0.4) is 0 Å². The van der Waals surface area contributed by atoms with E-state index in [0.717, 1.165) is 61.0 Å². The Labute approximate surface area is 287 Å². The van der Waals surface area contributed by atoms with E-state index in [0.29, 0.717) is 36.4 Å². The van der Waals surface area contributed by atoms with Crippen molar-refractivity contribution in [2.24, 2.45) is 11.5 Å². The van der Waals surface area contributed by atoms with Crippen molar-refractivity contribution in [3.05, 3.63) is 95.5 Å². The second kappa shape index (κ2) is 16.9. The van der Waals surface area contributed by atoms with E-state index in [1.807, 2.05) is 62.4 Å². The van der Waals surface area contributed by atoms with Crippen LogP contribution in [0.15, 0.2) is 70.0 Å². The van der Waals surface area contributed by atoms with E-state index in [1.54, 1.807) is 4.90 Å². The van der Waals surface area contributed by atoms with E-state index >= 15 is 0 Å². The Kier molecular flexibility index (Phi) is 13.3. The lowest BCUT2D eigenvalue weighted by atomic mass is 9.98. The molecule has 3 amide bonds. The molecule has 11 nitrogen and oxygen atoms in total. The van der Waals surface area contributed by atoms with Crippen molar-refractivity contribution in [3.63, 3.8) is 0 Å². The number of amides is 3. The highest BCUT2D eigenvalue weighted by Crippen LogP contribution is 2.33. The molecule has 0 radical (unpaired) electrons. The van der Waals surface area contributed by atoms with Crippen LogP contribution in [0.2, 0.25) is 0 Å². The van der Waals surface area contributed by atoms with E-state index in [1.165, 1.54) is 6.08 Å². The first-order chi connectivity index (χ1) is 22.1. The van der Waals surface area contributed by atoms with Gasteiger partial charge in [-0.1, -0.05) is 73.7 Å². The molecular weight excluding hydrogens is 632 g/mol. The summed E-state index contributed by atoms with van der Waals surface area (Å²) in [5, 5.41) is 3.32. The molecule has 48 heavy (non-hydrogen) atoms. The van der Waals surface area contributed by atoms with E-state index < -0.39 is 11.8 Å². The van der Waals surface area contributed by atoms with Gasteiger partial charge >= 0.3 is 0 Å². The first-order valence-corrected chi connectivity index (χ1v) is 15.5. The van der Waals surface area contributed by atoms with E-state index in [4.69, 9.17) is 20.3 Å². The number of nitrogens with two attached hydrogens (primary N) is 2. The third-order valence-corrected chi connectivity index (χ3v) is 8.28. The van der Waals surface area contributed by atoms with E-state index in [2.05, 4.69) is 21.9 Å². The number of hydrogen-bond donors (Lipinski definition) is 3. The molecule has 4 heterocycles. The third-order valence-electron chi connectivity index (χ3n) is 8.28. The van der Waals surface area contributed by atoms with Gasteiger partial charge in [0.25, 0.3) is 11.8 Å². The molecule has 0 aliphatic carbocycles. The molecule has 2 aliphatic heterocycles. The number of aromatic nitrogens is 2. The minimum absolute atomic E-state index is 0. The molecule has 5 N–H and O–H groups in total. The monoisotopic (exact) mass is 676 g/mol. The molecule has 2 saturated heterocycles. The average molecular weight is 677 g/mol. The van der Waals surface area contributed by atoms with Crippen molar-refractivity contribution in [1.29, 1.82) is 0 Å². The lowest BCUT2D eigenvalue weighted by molar-refractivity contribution is -0.127. The van der Waals surface area contributed by atoms with Crippen LogP contribution >= 0.6 is 12.4 Å². The summed E-state index contributed by atoms with van der Waals surface area (Å²) in [7, 11) is 0. The zero-order valence-corrected chi connectivity index (χ0v) is 27.5. The Hall–Kier alpha value is -4.74. The number of oxazole rings is 2. The molecule has 2 fully saturated rings. The molecule has 2 unspecified atom stereocenters. The first kappa shape index (κ1) is 37.7. The predicted molar refractivity (Wildman–Crippen MR) is 188 cm³/mol. The number of carbonyl (C=O) groups excluding carboxylic acids is 3. The average Bonchev–Trinajstić information content (AvgIpc) is 3.73. The van der Waals surface area contributed by atoms with Crippen LogP contribution in [-0.4, -0.2) is 58.8 Å². The molecule has 6 rings (SSSR count). The fraction of sp³-hybridized carbons (Fsp3) is 0.361. The molecule has 256 valence electrons. The quantitative estimate of drug-likeness (QED) is 0.203. The highest BCUT2D eigenvalue weighted by molar-refractivity contribution is 5.97. The number of carbonyl (C=O) groups is 3. The van der Waals surface area contributed by atoms with Gasteiger partial charge in [0.15, 0.2) is 28.8 Å². The van der Waals surface area contributed by atoms with Crippen LogP contribution in [0.5, 0.6) is 0 Å². The number of halogens is 1. The van der Waals surface area contributed by atoms with Crippen LogP contribution in [0.1, 0.15) is 88.8 Å². The van der Waals surface area contributed by atoms with Gasteiger partial charge in [0.1, 0.15) is 0 Å². The van der Waals surface area contributed by atoms with Crippen molar-refractivity contribution in [3.8, 4) is 22.6 Å². The second-order valence-electron chi connectivity index (χ2n) is 11.8. The summed E-state index contributed by atoms with van der Waals surface area (Å²) in [6.07, 6.45) is 5.09. The predicted octanol–water partition coefficient (Wildman–Crippen LogP) is 5.91. The van der Waals surface area contributed by atoms with Crippen LogP contribution in [0.25, 0.3) is 22.6 Å². The Balaban J connectivity index is 0.000000253. The van der Waals surface area contributed by atoms with Crippen molar-refractivity contribution in [2.45, 2.75) is 58.8 Å². The van der Waals surface area contributed by atoms with Gasteiger partial charge in [-0.25, -0.2) is 9.97 Å². The number of nitrogens with one attached hydrogen (secondary N) is 1. The van der Waals surface area contributed by atoms with Gasteiger partial charge in [-0.3, -0.25) is 14.4 Å². The molecule has 2 aliphatic rings. The van der Waals surface area contributed by atoms with Crippen LogP contribution in [0.4, 0.5) is 0 Å². The van der Waals surface area contributed by atoms with Gasteiger partial charge in [-0.15, -0.1) is 12.4 Å². The van der Waals surface area contributed by atoms with Gasteiger partial charge < -0.3 is 30.5 Å². The maximum absolute atomic E-state index is 11.9. The van der Waals surface area contributed by atoms with Gasteiger partial charge in [0, 0.05) is 36.7 Å². The fourth-order valence-electron chi connectivity index (χ4n) is 5.73. The molecule has 12 heteroatoms. The Morgan fingerprint density at radius 3 is 1.75 bits per heavy atom. The topological polar surface area (TPSA) is 171 Å². The van der Waals surface area contributed by atoms with Gasteiger partial charge in [0.2, 0.25) is 11.8 Å². The van der Waals surface area contributed by atoms with Crippen LogP contribution in [-0.2, 0) is 4.79 Å². The summed E-state index contributed by atoms with van der Waals surface area (Å²) in [4.78, 5) is 45.7. The minimum Gasteiger partial charge on any atom is -0.439 e. The van der Waals surface area contributed by atoms with Gasteiger partial charge in [-0.05, 0) is 52.2 Å². The number of benzene rings is 2. The number of rotatable bonds is 7. The summed E-state index contributed by atoms with van der Waals surface area (Å²) >= 11 is 0. The molecule has 0 saturated carbocycles. The smallest absolute Gasteiger partial charge is 0.271 e. The maximum Gasteiger partial charge on any atom is 0.271 e. The zero-order valence-electron chi connectivity index (χ0n) is 26.7. The van der Waals surface area contributed by atoms with E-state index in [9.17, 15) is 14.4 Å². The number of hydrogen-bond acceptors (Lipinski definition) is 8. The summed E-state index contributed by atoms with van der Waals surface area (Å²) in [6, 6.07) is 15.4. The molecule has 2 aromatic heterocycles. The molecule has 0 spiro atoms. The summed E-state index contributed by atoms with van der Waals surface area (Å²) in [6.45, 7) is 10.6. The number of piperidine rings is 2. The molecule has 4 aromatic rings. The molecule has 2 aromatic carbocycles. The lowest BCUT2D eigenvalue weighted by Crippen LogP contribution is -2.38. The normalized spacial score (nSPS) is 17.2. The Morgan fingerprint density at radius 2 is 1.31 bits per heavy atom. The maximum atomic E-state index is 11.9. The van der Waals surface area contributed by atoms with Crippen molar-refractivity contribution >= 4 is 30.1 Å². The van der Waals surface area contributed by atoms with Crippen LogP contribution in [0, 0.1) is 13.8 Å². The number of nitrogens with zero attached hydrogens (tertiary/aromatic N) is 3. The minimum atomic E-state index is -0.625. The van der Waals surface area contributed by atoms with E-state index in [-0.39, 0.29) is 49.0 Å². The standard InChI is InChI=1S/C19H21N3O3.C16H19N3O2.CH4.ClH/c1-3-15(23)22-10-4-5-14(11-22)19-21-16(18(20)24)17(25-19)13-8-6-12(2)7-9-13;1-10-4-6-11(7-5-10)14-13(15(17)20)19-16(21-14)12-3-2-8-18-9-12;;/h3,6-9,14H,1,4-5,10-11H2,2H3,(H2,20,24);4-7,12,18H,2-3,8-9H2,1H3,(H2,17,20);1H4;1H. The molecular formula is C36H45ClN6O5. The van der Waals surface area contributed by atoms with Crippen molar-refractivity contribution in [1.82, 2.24) is 20.2 Å². The van der Waals surface area contributed by atoms with Gasteiger partial charge in [0.05, 0.1) is 5.92 Å². The van der Waals surface area contributed by atoms with Crippen molar-refractivity contribution in [2.75, 3.05) is 26.2 Å². The summed E-state index contributed by atoms with van der Waals surface area (Å²) in [5.41, 5.74) is 15.1. The zero-order chi connectivity index (χ0) is 32.8. The summed E-state index contributed by atoms with van der Waals surface area (Å²) < 4.78 is 11.8. The first-order valence-electron chi connectivity index (χ1n) is 15.5. The second-order valence-corrected chi connectivity index (χ2v) is 11.8. The van der Waals surface area contributed by atoms with Crippen molar-refractivity contribution < 1.29 is 23.2 Å². The molecule has 0 bridgehead atoms. The summed E-state index contributed by atoms with van der Waals surface area (Å²) in [5.74, 6) is 0.774. The third kappa shape index (κ3) is 8.78. The molecule has 2 atom stereocenters. The largest absolute Gasteiger partial charge is 0.439 e. The SMILES string of the molecule is C.C=CC(=O)N1CCCC(c2nc(C(N)=O)c(-c3ccc(C)cc3)o2)C1.Cc1ccc(-c2oc(C3CCCNC3)nc2C(N)=O)cc1.Cl. The number of aryl methyl sites for hydroxylation is 2. The highest BCUT2D eigenvalue weighted by atomic mass is 35.5. The number of primary amides is 2. The lowest BCUT2D eigenvalue weighted by Gasteiger charge is -2.30. The Bertz CT molecular complexity index is 1710. The Morgan fingerprint density at radius 1 is 0.833 bits per heavy atom. The van der Waals surface area contributed by atoms with Gasteiger partial charge in [-0.2, -0.15) is 0 Å². The highest BCUT2D eigenvalue weighted by Gasteiger charge is 2.30. The number of likely N-dealkylation sites (tertiary alicyclic amines) is 1. The van der Waals surface area contributed by atoms with Crippen LogP contribution < -0.4 is 16.8 Å². The fourth-order valence-corrected chi connectivity index (χ4v) is 5.73.